The highest BCUT2D eigenvalue weighted by Gasteiger charge is 2.26. The van der Waals surface area contributed by atoms with Crippen molar-refractivity contribution >= 4 is 5.91 Å². The molecule has 3 heteroatoms. The maximum atomic E-state index is 12.5. The van der Waals surface area contributed by atoms with E-state index in [-0.39, 0.29) is 11.4 Å². The molecule has 0 spiro atoms. The average molecular weight is 268 g/mol. The summed E-state index contributed by atoms with van der Waals surface area (Å²) in [7, 11) is 0. The van der Waals surface area contributed by atoms with Crippen LogP contribution >= 0.6 is 0 Å². The molecule has 1 rings (SSSR count). The number of carbonyl (C=O) groups excluding carboxylic acids is 1. The summed E-state index contributed by atoms with van der Waals surface area (Å²) in [6.45, 7) is 12.2. The molecule has 19 heavy (non-hydrogen) atoms. The van der Waals surface area contributed by atoms with E-state index in [1.807, 2.05) is 0 Å². The first-order valence-corrected chi connectivity index (χ1v) is 7.84. The molecule has 1 aliphatic carbocycles. The molecule has 0 aromatic carbocycles. The highest BCUT2D eigenvalue weighted by Crippen LogP contribution is 2.24. The van der Waals surface area contributed by atoms with Crippen molar-refractivity contribution < 1.29 is 4.79 Å². The van der Waals surface area contributed by atoms with E-state index in [0.29, 0.717) is 18.5 Å². The fourth-order valence-corrected chi connectivity index (χ4v) is 2.57. The van der Waals surface area contributed by atoms with E-state index < -0.39 is 0 Å². The third kappa shape index (κ3) is 6.42. The monoisotopic (exact) mass is 268 g/mol. The van der Waals surface area contributed by atoms with E-state index in [0.717, 1.165) is 13.0 Å². The maximum Gasteiger partial charge on any atom is 0.236 e. The van der Waals surface area contributed by atoms with Gasteiger partial charge in [0, 0.05) is 18.1 Å². The summed E-state index contributed by atoms with van der Waals surface area (Å²) in [5.41, 5.74) is 0.00898. The molecule has 1 aliphatic rings. The summed E-state index contributed by atoms with van der Waals surface area (Å²) in [5, 5.41) is 3.32. The van der Waals surface area contributed by atoms with E-state index in [9.17, 15) is 4.79 Å². The standard InChI is InChI=1S/C16H32N2O/c1-13(2)10-11-18(14-8-6-7-9-14)15(19)12-17-16(3,4)5/h13-14,17H,6-12H2,1-5H3. The fourth-order valence-electron chi connectivity index (χ4n) is 2.57. The molecule has 0 heterocycles. The lowest BCUT2D eigenvalue weighted by Gasteiger charge is -2.31. The Labute approximate surface area is 119 Å². The van der Waals surface area contributed by atoms with Crippen molar-refractivity contribution in [1.29, 1.82) is 0 Å². The van der Waals surface area contributed by atoms with Gasteiger partial charge in [0.05, 0.1) is 6.54 Å². The molecule has 1 amide bonds. The summed E-state index contributed by atoms with van der Waals surface area (Å²) < 4.78 is 0. The Morgan fingerprint density at radius 1 is 1.26 bits per heavy atom. The van der Waals surface area contributed by atoms with Gasteiger partial charge in [0.2, 0.25) is 5.91 Å². The Morgan fingerprint density at radius 2 is 1.84 bits per heavy atom. The SMILES string of the molecule is CC(C)CCN(C(=O)CNC(C)(C)C)C1CCCC1. The first-order chi connectivity index (χ1) is 8.79. The van der Waals surface area contributed by atoms with E-state index in [2.05, 4.69) is 44.8 Å². The molecule has 0 bridgehead atoms. The molecule has 0 aromatic heterocycles. The van der Waals surface area contributed by atoms with Crippen molar-refractivity contribution in [2.75, 3.05) is 13.1 Å². The molecule has 0 aliphatic heterocycles. The Hall–Kier alpha value is -0.570. The van der Waals surface area contributed by atoms with Crippen LogP contribution in [0.1, 0.15) is 66.7 Å². The highest BCUT2D eigenvalue weighted by molar-refractivity contribution is 5.78. The smallest absolute Gasteiger partial charge is 0.236 e. The van der Waals surface area contributed by atoms with E-state index in [4.69, 9.17) is 0 Å². The Kier molecular flexibility index (Phi) is 6.31. The predicted octanol–water partition coefficient (Wildman–Crippen LogP) is 3.19. The van der Waals surface area contributed by atoms with Gasteiger partial charge in [-0.15, -0.1) is 0 Å². The number of rotatable bonds is 6. The van der Waals surface area contributed by atoms with Crippen LogP contribution in [-0.4, -0.2) is 35.5 Å². The quantitative estimate of drug-likeness (QED) is 0.802. The van der Waals surface area contributed by atoms with Gasteiger partial charge in [0.25, 0.3) is 0 Å². The molecule has 0 atom stereocenters. The molecule has 0 radical (unpaired) electrons. The number of amides is 1. The molecular formula is C16H32N2O. The molecular weight excluding hydrogens is 236 g/mol. The molecule has 1 fully saturated rings. The van der Waals surface area contributed by atoms with Gasteiger partial charge in [-0.05, 0) is 46.0 Å². The van der Waals surface area contributed by atoms with Crippen LogP contribution in [0.15, 0.2) is 0 Å². The van der Waals surface area contributed by atoms with Crippen LogP contribution in [0.4, 0.5) is 0 Å². The third-order valence-corrected chi connectivity index (χ3v) is 3.80. The van der Waals surface area contributed by atoms with E-state index in [1.54, 1.807) is 0 Å². The summed E-state index contributed by atoms with van der Waals surface area (Å²) in [6, 6.07) is 0.494. The number of hydrogen-bond acceptors (Lipinski definition) is 2. The van der Waals surface area contributed by atoms with Crippen LogP contribution in [0.25, 0.3) is 0 Å². The maximum absolute atomic E-state index is 12.5. The molecule has 1 saturated carbocycles. The van der Waals surface area contributed by atoms with Crippen molar-refractivity contribution in [2.45, 2.75) is 78.3 Å². The second-order valence-electron chi connectivity index (χ2n) is 7.31. The molecule has 3 nitrogen and oxygen atoms in total. The average Bonchev–Trinajstić information content (AvgIpc) is 2.79. The Bertz CT molecular complexity index is 275. The fraction of sp³-hybridized carbons (Fsp3) is 0.938. The first kappa shape index (κ1) is 16.5. The zero-order valence-corrected chi connectivity index (χ0v) is 13.5. The minimum Gasteiger partial charge on any atom is -0.339 e. The van der Waals surface area contributed by atoms with Gasteiger partial charge in [-0.3, -0.25) is 4.79 Å². The lowest BCUT2D eigenvalue weighted by Crippen LogP contribution is -2.48. The van der Waals surface area contributed by atoms with E-state index in [1.165, 1.54) is 25.7 Å². The number of nitrogens with one attached hydrogen (secondary N) is 1. The number of hydrogen-bond donors (Lipinski definition) is 1. The minimum atomic E-state index is 0.00898. The van der Waals surface area contributed by atoms with Crippen LogP contribution in [0.3, 0.4) is 0 Å². The summed E-state index contributed by atoms with van der Waals surface area (Å²) in [6.07, 6.45) is 6.06. The Balaban J connectivity index is 2.53. The summed E-state index contributed by atoms with van der Waals surface area (Å²) >= 11 is 0. The van der Waals surface area contributed by atoms with Crippen LogP contribution in [-0.2, 0) is 4.79 Å². The first-order valence-electron chi connectivity index (χ1n) is 7.84. The van der Waals surface area contributed by atoms with Crippen LogP contribution in [0, 0.1) is 5.92 Å². The van der Waals surface area contributed by atoms with Gasteiger partial charge in [0.1, 0.15) is 0 Å². The Morgan fingerprint density at radius 3 is 2.32 bits per heavy atom. The van der Waals surface area contributed by atoms with Gasteiger partial charge in [-0.25, -0.2) is 0 Å². The second kappa shape index (κ2) is 7.28. The minimum absolute atomic E-state index is 0.00898. The third-order valence-electron chi connectivity index (χ3n) is 3.80. The number of carbonyl (C=O) groups is 1. The molecule has 112 valence electrons. The molecule has 0 saturated heterocycles. The van der Waals surface area contributed by atoms with E-state index >= 15 is 0 Å². The van der Waals surface area contributed by atoms with Crippen LogP contribution < -0.4 is 5.32 Å². The van der Waals surface area contributed by atoms with Crippen molar-refractivity contribution in [3.63, 3.8) is 0 Å². The second-order valence-corrected chi connectivity index (χ2v) is 7.31. The normalized spacial score (nSPS) is 17.2. The summed E-state index contributed by atoms with van der Waals surface area (Å²) in [5.74, 6) is 0.940. The van der Waals surface area contributed by atoms with Crippen LogP contribution in [0.5, 0.6) is 0 Å². The van der Waals surface area contributed by atoms with Gasteiger partial charge in [-0.1, -0.05) is 26.7 Å². The number of nitrogens with zero attached hydrogens (tertiary/aromatic N) is 1. The van der Waals surface area contributed by atoms with Gasteiger partial charge in [0.15, 0.2) is 0 Å². The van der Waals surface area contributed by atoms with Gasteiger partial charge >= 0.3 is 0 Å². The molecule has 1 N–H and O–H groups in total. The zero-order valence-electron chi connectivity index (χ0n) is 13.5. The lowest BCUT2D eigenvalue weighted by molar-refractivity contribution is -0.133. The lowest BCUT2D eigenvalue weighted by atomic mass is 10.1. The van der Waals surface area contributed by atoms with Crippen molar-refractivity contribution in [1.82, 2.24) is 10.2 Å². The molecule has 0 aromatic rings. The molecule has 0 unspecified atom stereocenters. The predicted molar refractivity (Wildman–Crippen MR) is 81.2 cm³/mol. The zero-order chi connectivity index (χ0) is 14.5. The summed E-state index contributed by atoms with van der Waals surface area (Å²) in [4.78, 5) is 14.6. The van der Waals surface area contributed by atoms with Crippen molar-refractivity contribution in [3.05, 3.63) is 0 Å². The van der Waals surface area contributed by atoms with Crippen LogP contribution in [0.2, 0.25) is 0 Å². The highest BCUT2D eigenvalue weighted by atomic mass is 16.2. The van der Waals surface area contributed by atoms with Gasteiger partial charge < -0.3 is 10.2 Å². The van der Waals surface area contributed by atoms with Crippen molar-refractivity contribution in [3.8, 4) is 0 Å². The topological polar surface area (TPSA) is 32.3 Å². The van der Waals surface area contributed by atoms with Crippen molar-refractivity contribution in [2.24, 2.45) is 5.92 Å². The van der Waals surface area contributed by atoms with Gasteiger partial charge in [-0.2, -0.15) is 0 Å². The largest absolute Gasteiger partial charge is 0.339 e.